The second-order valence-electron chi connectivity index (χ2n) is 3.58. The molecule has 0 bridgehead atoms. The molecular weight excluding hydrogens is 204 g/mol. The molecule has 0 aliphatic heterocycles. The molecule has 82 valence electrons. The van der Waals surface area contributed by atoms with Crippen molar-refractivity contribution in [1.29, 1.82) is 0 Å². The lowest BCUT2D eigenvalue weighted by Crippen LogP contribution is -2.14. The van der Waals surface area contributed by atoms with Crippen LogP contribution >= 0.6 is 0 Å². The van der Waals surface area contributed by atoms with Gasteiger partial charge in [-0.05, 0) is 18.7 Å². The lowest BCUT2D eigenvalue weighted by atomic mass is 10.3. The summed E-state index contributed by atoms with van der Waals surface area (Å²) in [6.07, 6.45) is 0. The van der Waals surface area contributed by atoms with Gasteiger partial charge in [-0.1, -0.05) is 24.2 Å². The molecule has 0 fully saturated rings. The minimum Gasteiger partial charge on any atom is -0.422 e. The van der Waals surface area contributed by atoms with E-state index in [0.29, 0.717) is 12.4 Å². The van der Waals surface area contributed by atoms with Crippen LogP contribution in [0.4, 0.5) is 0 Å². The second-order valence-corrected chi connectivity index (χ2v) is 3.58. The van der Waals surface area contributed by atoms with Gasteiger partial charge in [-0.3, -0.25) is 0 Å². The van der Waals surface area contributed by atoms with E-state index in [1.807, 2.05) is 28.7 Å². The van der Waals surface area contributed by atoms with E-state index in [9.17, 15) is 0 Å². The Morgan fingerprint density at radius 3 is 3.06 bits per heavy atom. The minimum absolute atomic E-state index is 0.550. The molecule has 1 aromatic carbocycles. The van der Waals surface area contributed by atoms with Crippen LogP contribution in [-0.4, -0.2) is 21.1 Å². The Labute approximate surface area is 92.1 Å². The zero-order valence-electron chi connectivity index (χ0n) is 8.97. The van der Waals surface area contributed by atoms with Gasteiger partial charge in [-0.15, -0.1) is 5.10 Å². The maximum atomic E-state index is 5.57. The monoisotopic (exact) mass is 216 g/mol. The Morgan fingerprint density at radius 1 is 1.31 bits per heavy atom. The Hall–Kier alpha value is -1.88. The van der Waals surface area contributed by atoms with E-state index in [4.69, 9.17) is 4.42 Å². The topological polar surface area (TPSA) is 55.4 Å². The second kappa shape index (κ2) is 3.61. The molecule has 0 unspecified atom stereocenters. The number of benzene rings is 1. The number of hydrogen-bond acceptors (Lipinski definition) is 4. The molecule has 0 amide bonds. The first-order chi connectivity index (χ1) is 7.90. The third kappa shape index (κ3) is 1.29. The number of rotatable bonds is 3. The van der Waals surface area contributed by atoms with Gasteiger partial charge in [0, 0.05) is 0 Å². The molecule has 0 saturated carbocycles. The summed E-state index contributed by atoms with van der Waals surface area (Å²) >= 11 is 0. The maximum absolute atomic E-state index is 5.57. The van der Waals surface area contributed by atoms with E-state index < -0.39 is 0 Å². The zero-order valence-corrected chi connectivity index (χ0v) is 8.97. The molecule has 0 aliphatic carbocycles. The summed E-state index contributed by atoms with van der Waals surface area (Å²) in [6.45, 7) is 3.66. The number of fused-ring (bicyclic) bond motifs is 3. The van der Waals surface area contributed by atoms with Crippen molar-refractivity contribution in [2.45, 2.75) is 13.5 Å². The molecule has 0 spiro atoms. The van der Waals surface area contributed by atoms with Gasteiger partial charge in [0.2, 0.25) is 0 Å². The van der Waals surface area contributed by atoms with Crippen LogP contribution in [0.3, 0.4) is 0 Å². The van der Waals surface area contributed by atoms with Crippen molar-refractivity contribution >= 4 is 16.9 Å². The molecular formula is C11H12N4O. The van der Waals surface area contributed by atoms with Gasteiger partial charge in [-0.25, -0.2) is 4.40 Å². The highest BCUT2D eigenvalue weighted by Gasteiger charge is 2.12. The molecule has 0 radical (unpaired) electrons. The molecule has 3 rings (SSSR count). The highest BCUT2D eigenvalue weighted by atomic mass is 16.4. The first-order valence-corrected chi connectivity index (χ1v) is 5.32. The predicted molar refractivity (Wildman–Crippen MR) is 60.1 cm³/mol. The van der Waals surface area contributed by atoms with Crippen LogP contribution in [0.2, 0.25) is 0 Å². The lowest BCUT2D eigenvalue weighted by Gasteiger charge is -1.97. The van der Waals surface area contributed by atoms with Gasteiger partial charge < -0.3 is 9.73 Å². The van der Waals surface area contributed by atoms with Crippen molar-refractivity contribution in [3.8, 4) is 0 Å². The number of nitrogens with zero attached hydrogens (tertiary/aromatic N) is 3. The van der Waals surface area contributed by atoms with Gasteiger partial charge in [0.15, 0.2) is 11.4 Å². The van der Waals surface area contributed by atoms with E-state index in [1.165, 1.54) is 0 Å². The Balaban J connectivity index is 2.22. The number of hydrogen-bond donors (Lipinski definition) is 1. The molecule has 3 aromatic rings. The highest BCUT2D eigenvalue weighted by molar-refractivity contribution is 5.76. The van der Waals surface area contributed by atoms with Crippen molar-refractivity contribution in [3.63, 3.8) is 0 Å². The van der Waals surface area contributed by atoms with Gasteiger partial charge in [-0.2, -0.15) is 0 Å². The molecule has 5 nitrogen and oxygen atoms in total. The van der Waals surface area contributed by atoms with Crippen LogP contribution in [0.15, 0.2) is 28.7 Å². The van der Waals surface area contributed by atoms with E-state index >= 15 is 0 Å². The molecule has 2 heterocycles. The third-order valence-corrected chi connectivity index (χ3v) is 2.54. The zero-order chi connectivity index (χ0) is 11.0. The van der Waals surface area contributed by atoms with Crippen molar-refractivity contribution in [1.82, 2.24) is 19.9 Å². The number of nitrogens with one attached hydrogen (secondary N) is 1. The summed E-state index contributed by atoms with van der Waals surface area (Å²) in [5.74, 6) is 1.43. The first kappa shape index (κ1) is 9.35. The maximum Gasteiger partial charge on any atom is 0.327 e. The van der Waals surface area contributed by atoms with Crippen LogP contribution in [0.5, 0.6) is 0 Å². The number of oxazole rings is 1. The fraction of sp³-hybridized carbons (Fsp3) is 0.273. The molecule has 0 atom stereocenters. The van der Waals surface area contributed by atoms with Gasteiger partial charge in [0.1, 0.15) is 0 Å². The molecule has 0 saturated heterocycles. The van der Waals surface area contributed by atoms with Crippen LogP contribution in [-0.2, 0) is 6.54 Å². The van der Waals surface area contributed by atoms with E-state index in [2.05, 4.69) is 22.4 Å². The van der Waals surface area contributed by atoms with Crippen LogP contribution < -0.4 is 5.32 Å². The van der Waals surface area contributed by atoms with Crippen LogP contribution in [0, 0.1) is 0 Å². The van der Waals surface area contributed by atoms with Crippen LogP contribution in [0.1, 0.15) is 12.7 Å². The smallest absolute Gasteiger partial charge is 0.327 e. The SMILES string of the molecule is CCNCc1nnc2oc3ccccc3n12. The van der Waals surface area contributed by atoms with Crippen molar-refractivity contribution in [3.05, 3.63) is 30.1 Å². The largest absolute Gasteiger partial charge is 0.422 e. The van der Waals surface area contributed by atoms with Gasteiger partial charge >= 0.3 is 5.84 Å². The third-order valence-electron chi connectivity index (χ3n) is 2.54. The average molecular weight is 216 g/mol. The first-order valence-electron chi connectivity index (χ1n) is 5.32. The van der Waals surface area contributed by atoms with E-state index in [0.717, 1.165) is 23.5 Å². The summed E-state index contributed by atoms with van der Waals surface area (Å²) in [5.41, 5.74) is 1.85. The van der Waals surface area contributed by atoms with Crippen molar-refractivity contribution < 1.29 is 4.42 Å². The normalized spacial score (nSPS) is 11.6. The Morgan fingerprint density at radius 2 is 2.19 bits per heavy atom. The molecule has 2 aromatic heterocycles. The van der Waals surface area contributed by atoms with Gasteiger partial charge in [0.05, 0.1) is 12.1 Å². The fourth-order valence-corrected chi connectivity index (χ4v) is 1.79. The fourth-order valence-electron chi connectivity index (χ4n) is 1.79. The summed E-state index contributed by atoms with van der Waals surface area (Å²) in [7, 11) is 0. The summed E-state index contributed by atoms with van der Waals surface area (Å²) in [4.78, 5) is 0. The summed E-state index contributed by atoms with van der Waals surface area (Å²) in [5, 5.41) is 11.3. The van der Waals surface area contributed by atoms with Crippen molar-refractivity contribution in [2.75, 3.05) is 6.54 Å². The highest BCUT2D eigenvalue weighted by Crippen LogP contribution is 2.19. The number of para-hydroxylation sites is 2. The number of aromatic nitrogens is 3. The summed E-state index contributed by atoms with van der Waals surface area (Å²) in [6, 6.07) is 7.86. The quantitative estimate of drug-likeness (QED) is 0.722. The molecule has 5 heteroatoms. The Kier molecular flexibility index (Phi) is 2.11. The summed E-state index contributed by atoms with van der Waals surface area (Å²) < 4.78 is 7.52. The average Bonchev–Trinajstić information content (AvgIpc) is 2.85. The standard InChI is InChI=1S/C11H12N4O/c1-2-12-7-10-13-14-11-15(10)8-5-3-4-6-9(8)16-11/h3-6,12H,2,7H2,1H3. The van der Waals surface area contributed by atoms with E-state index in [1.54, 1.807) is 0 Å². The molecule has 16 heavy (non-hydrogen) atoms. The minimum atomic E-state index is 0.550. The predicted octanol–water partition coefficient (Wildman–Crippen LogP) is 1.58. The van der Waals surface area contributed by atoms with Crippen molar-refractivity contribution in [2.24, 2.45) is 0 Å². The van der Waals surface area contributed by atoms with E-state index in [-0.39, 0.29) is 0 Å². The molecule has 1 N–H and O–H groups in total. The van der Waals surface area contributed by atoms with Gasteiger partial charge in [0.25, 0.3) is 0 Å². The molecule has 0 aliphatic rings. The van der Waals surface area contributed by atoms with Crippen LogP contribution in [0.25, 0.3) is 16.9 Å². The Bertz CT molecular complexity index is 625. The lowest BCUT2D eigenvalue weighted by molar-refractivity contribution is 0.637.